The molecule has 5 rings (SSSR count). The van der Waals surface area contributed by atoms with Crippen LogP contribution in [0.4, 0.5) is 5.82 Å². The summed E-state index contributed by atoms with van der Waals surface area (Å²) in [5.74, 6) is 1.54. The average molecular weight is 346 g/mol. The van der Waals surface area contributed by atoms with Crippen molar-refractivity contribution in [3.63, 3.8) is 0 Å². The number of pyridine rings is 1. The molecule has 0 radical (unpaired) electrons. The number of benzene rings is 1. The maximum atomic E-state index is 5.69. The van der Waals surface area contributed by atoms with Gasteiger partial charge in [-0.3, -0.25) is 4.98 Å². The molecule has 26 heavy (non-hydrogen) atoms. The lowest BCUT2D eigenvalue weighted by atomic mass is 10.0. The van der Waals surface area contributed by atoms with Crippen molar-refractivity contribution < 1.29 is 4.74 Å². The van der Waals surface area contributed by atoms with E-state index < -0.39 is 0 Å². The molecule has 2 aromatic heterocycles. The van der Waals surface area contributed by atoms with Crippen molar-refractivity contribution in [2.24, 2.45) is 0 Å². The Morgan fingerprint density at radius 3 is 2.65 bits per heavy atom. The minimum Gasteiger partial charge on any atom is -0.376 e. The molecule has 0 bridgehead atoms. The Balaban J connectivity index is 1.47. The second-order valence-electron chi connectivity index (χ2n) is 7.23. The molecular weight excluding hydrogens is 324 g/mol. The highest BCUT2D eigenvalue weighted by Crippen LogP contribution is 2.40. The third kappa shape index (κ3) is 3.03. The lowest BCUT2D eigenvalue weighted by Gasteiger charge is -2.14. The number of nitrogens with one attached hydrogen (secondary N) is 1. The summed E-state index contributed by atoms with van der Waals surface area (Å²) in [7, 11) is 0. The van der Waals surface area contributed by atoms with Gasteiger partial charge in [-0.05, 0) is 43.2 Å². The van der Waals surface area contributed by atoms with Crippen molar-refractivity contribution in [2.75, 3.05) is 18.5 Å². The summed E-state index contributed by atoms with van der Waals surface area (Å²) in [6.45, 7) is 1.62. The highest BCUT2D eigenvalue weighted by Gasteiger charge is 2.23. The molecule has 1 atom stereocenters. The van der Waals surface area contributed by atoms with Gasteiger partial charge in [-0.2, -0.15) is 0 Å². The summed E-state index contributed by atoms with van der Waals surface area (Å²) >= 11 is 0. The Morgan fingerprint density at radius 1 is 1.00 bits per heavy atom. The fourth-order valence-electron chi connectivity index (χ4n) is 3.69. The van der Waals surface area contributed by atoms with E-state index in [-0.39, 0.29) is 6.10 Å². The fourth-order valence-corrected chi connectivity index (χ4v) is 3.69. The quantitative estimate of drug-likeness (QED) is 0.752. The first kappa shape index (κ1) is 15.7. The third-order valence-corrected chi connectivity index (χ3v) is 5.34. The average Bonchev–Trinajstić information content (AvgIpc) is 3.42. The second-order valence-corrected chi connectivity index (χ2v) is 7.23. The number of nitrogens with zero attached hydrogens (tertiary/aromatic N) is 3. The van der Waals surface area contributed by atoms with Gasteiger partial charge in [-0.15, -0.1) is 10.2 Å². The molecule has 3 aromatic rings. The first-order valence-corrected chi connectivity index (χ1v) is 9.45. The van der Waals surface area contributed by atoms with Crippen LogP contribution >= 0.6 is 0 Å². The van der Waals surface area contributed by atoms with Gasteiger partial charge in [0.15, 0.2) is 5.82 Å². The summed E-state index contributed by atoms with van der Waals surface area (Å²) in [6, 6.07) is 10.8. The third-order valence-electron chi connectivity index (χ3n) is 5.34. The number of fused-ring (bicyclic) bond motifs is 1. The Bertz CT molecular complexity index is 915. The molecule has 0 spiro atoms. The molecule has 5 heteroatoms. The predicted octanol–water partition coefficient (Wildman–Crippen LogP) is 4.16. The predicted molar refractivity (Wildman–Crippen MR) is 102 cm³/mol. The molecule has 1 unspecified atom stereocenters. The van der Waals surface area contributed by atoms with E-state index in [0.717, 1.165) is 59.8 Å². The number of aromatic nitrogens is 3. The minimum atomic E-state index is 0.262. The van der Waals surface area contributed by atoms with Gasteiger partial charge in [0, 0.05) is 41.9 Å². The first-order valence-electron chi connectivity index (χ1n) is 9.45. The maximum absolute atomic E-state index is 5.69. The molecular formula is C21H22N4O. The van der Waals surface area contributed by atoms with Crippen LogP contribution < -0.4 is 5.32 Å². The molecule has 1 aliphatic heterocycles. The summed E-state index contributed by atoms with van der Waals surface area (Å²) < 4.78 is 5.69. The highest BCUT2D eigenvalue weighted by molar-refractivity contribution is 5.99. The molecule has 2 fully saturated rings. The van der Waals surface area contributed by atoms with E-state index in [2.05, 4.69) is 44.8 Å². The number of hydrogen-bond acceptors (Lipinski definition) is 5. The lowest BCUT2D eigenvalue weighted by molar-refractivity contribution is 0.120. The second kappa shape index (κ2) is 6.65. The molecule has 1 aromatic carbocycles. The lowest BCUT2D eigenvalue weighted by Crippen LogP contribution is -2.19. The molecule has 3 heterocycles. The van der Waals surface area contributed by atoms with E-state index in [1.807, 2.05) is 18.5 Å². The van der Waals surface area contributed by atoms with Gasteiger partial charge in [-0.1, -0.05) is 24.3 Å². The maximum Gasteiger partial charge on any atom is 0.158 e. The van der Waals surface area contributed by atoms with Crippen LogP contribution in [0.25, 0.3) is 22.0 Å². The molecule has 132 valence electrons. The van der Waals surface area contributed by atoms with Crippen LogP contribution in [0.15, 0.2) is 42.7 Å². The van der Waals surface area contributed by atoms with Gasteiger partial charge >= 0.3 is 0 Å². The van der Waals surface area contributed by atoms with Gasteiger partial charge in [0.2, 0.25) is 0 Å². The zero-order valence-corrected chi connectivity index (χ0v) is 14.7. The van der Waals surface area contributed by atoms with Gasteiger partial charge in [0.25, 0.3) is 0 Å². The SMILES string of the molecule is c1cc2c(-c3ccc(C4CC4)cc3)nnc(NCC3CCCO3)c2cn1. The number of hydrogen-bond donors (Lipinski definition) is 1. The molecule has 1 saturated heterocycles. The van der Waals surface area contributed by atoms with E-state index in [9.17, 15) is 0 Å². The van der Waals surface area contributed by atoms with Crippen LogP contribution in [-0.2, 0) is 4.74 Å². The number of rotatable bonds is 5. The molecule has 2 aliphatic rings. The van der Waals surface area contributed by atoms with Gasteiger partial charge in [0.1, 0.15) is 5.69 Å². The summed E-state index contributed by atoms with van der Waals surface area (Å²) in [6.07, 6.45) is 8.81. The summed E-state index contributed by atoms with van der Waals surface area (Å²) in [5.41, 5.74) is 3.44. The van der Waals surface area contributed by atoms with E-state index in [0.29, 0.717) is 0 Å². The van der Waals surface area contributed by atoms with E-state index in [4.69, 9.17) is 4.74 Å². The Labute approximate surface area is 152 Å². The topological polar surface area (TPSA) is 59.9 Å². The smallest absolute Gasteiger partial charge is 0.158 e. The van der Waals surface area contributed by atoms with Crippen LogP contribution in [0.5, 0.6) is 0 Å². The Kier molecular flexibility index (Phi) is 4.02. The van der Waals surface area contributed by atoms with Crippen LogP contribution in [0.2, 0.25) is 0 Å². The molecule has 1 aliphatic carbocycles. The number of ether oxygens (including phenoxy) is 1. The largest absolute Gasteiger partial charge is 0.376 e. The Hall–Kier alpha value is -2.53. The minimum absolute atomic E-state index is 0.262. The number of anilines is 1. The van der Waals surface area contributed by atoms with Crippen molar-refractivity contribution in [2.45, 2.75) is 37.7 Å². The van der Waals surface area contributed by atoms with E-state index in [1.165, 1.54) is 18.4 Å². The van der Waals surface area contributed by atoms with Crippen molar-refractivity contribution >= 4 is 16.6 Å². The standard InChI is InChI=1S/C21H22N4O/c1-2-17(26-11-1)12-23-21-19-13-22-10-9-18(19)20(24-25-21)16-7-5-15(6-8-16)14-3-4-14/h5-10,13-14,17H,1-4,11-12H2,(H,23,25). The summed E-state index contributed by atoms with van der Waals surface area (Å²) in [4.78, 5) is 4.29. The van der Waals surface area contributed by atoms with Crippen LogP contribution in [-0.4, -0.2) is 34.4 Å². The fraction of sp³-hybridized carbons (Fsp3) is 0.381. The van der Waals surface area contributed by atoms with Crippen molar-refractivity contribution in [3.05, 3.63) is 48.3 Å². The van der Waals surface area contributed by atoms with Crippen LogP contribution in [0.3, 0.4) is 0 Å². The zero-order valence-electron chi connectivity index (χ0n) is 14.7. The highest BCUT2D eigenvalue weighted by atomic mass is 16.5. The Morgan fingerprint density at radius 2 is 1.88 bits per heavy atom. The van der Waals surface area contributed by atoms with Gasteiger partial charge in [-0.25, -0.2) is 0 Å². The van der Waals surface area contributed by atoms with Crippen LogP contribution in [0, 0.1) is 0 Å². The monoisotopic (exact) mass is 346 g/mol. The molecule has 1 N–H and O–H groups in total. The zero-order chi connectivity index (χ0) is 17.3. The van der Waals surface area contributed by atoms with Crippen molar-refractivity contribution in [3.8, 4) is 11.3 Å². The first-order chi connectivity index (χ1) is 12.9. The molecule has 1 saturated carbocycles. The normalized spacial score (nSPS) is 19.8. The molecule has 0 amide bonds. The van der Waals surface area contributed by atoms with Crippen molar-refractivity contribution in [1.29, 1.82) is 0 Å². The van der Waals surface area contributed by atoms with Gasteiger partial charge < -0.3 is 10.1 Å². The van der Waals surface area contributed by atoms with E-state index >= 15 is 0 Å². The van der Waals surface area contributed by atoms with E-state index in [1.54, 1.807) is 0 Å². The summed E-state index contributed by atoms with van der Waals surface area (Å²) in [5, 5.41) is 14.5. The van der Waals surface area contributed by atoms with Crippen LogP contribution in [0.1, 0.15) is 37.2 Å². The molecule has 5 nitrogen and oxygen atoms in total. The van der Waals surface area contributed by atoms with Gasteiger partial charge in [0.05, 0.1) is 6.10 Å². The van der Waals surface area contributed by atoms with Crippen molar-refractivity contribution in [1.82, 2.24) is 15.2 Å².